The number of hydrogen-bond acceptors (Lipinski definition) is 2. The van der Waals surface area contributed by atoms with Crippen LogP contribution in [0.25, 0.3) is 0 Å². The van der Waals surface area contributed by atoms with Gasteiger partial charge in [-0.3, -0.25) is 0 Å². The highest BCUT2D eigenvalue weighted by Gasteiger charge is 2.35. The van der Waals surface area contributed by atoms with Gasteiger partial charge in [-0.15, -0.1) is 0 Å². The Kier molecular flexibility index (Phi) is 5.23. The molecule has 0 aliphatic carbocycles. The van der Waals surface area contributed by atoms with Crippen molar-refractivity contribution in [3.8, 4) is 0 Å². The third-order valence-electron chi connectivity index (χ3n) is 2.86. The van der Waals surface area contributed by atoms with E-state index >= 15 is 0 Å². The molecule has 1 aromatic carbocycles. The number of halogens is 3. The second-order valence-electron chi connectivity index (χ2n) is 4.94. The lowest BCUT2D eigenvalue weighted by Gasteiger charge is -2.28. The summed E-state index contributed by atoms with van der Waals surface area (Å²) >= 11 is 0. The molecule has 1 rings (SSSR count). The highest BCUT2D eigenvalue weighted by molar-refractivity contribution is 5.56. The molecule has 0 fully saturated rings. The van der Waals surface area contributed by atoms with Crippen LogP contribution in [0.2, 0.25) is 0 Å². The zero-order chi connectivity index (χ0) is 14.6. The van der Waals surface area contributed by atoms with Crippen LogP contribution in [0.3, 0.4) is 0 Å². The van der Waals surface area contributed by atoms with Gasteiger partial charge >= 0.3 is 6.18 Å². The van der Waals surface area contributed by atoms with Crippen molar-refractivity contribution in [1.29, 1.82) is 0 Å². The Labute approximate surface area is 111 Å². The second kappa shape index (κ2) is 6.28. The van der Waals surface area contributed by atoms with Gasteiger partial charge in [0.05, 0.1) is 12.2 Å². The molecule has 0 heterocycles. The van der Waals surface area contributed by atoms with Crippen LogP contribution in [0.1, 0.15) is 31.9 Å². The molecule has 0 saturated carbocycles. The quantitative estimate of drug-likeness (QED) is 0.886. The predicted molar refractivity (Wildman–Crippen MR) is 70.1 cm³/mol. The molecule has 2 nitrogen and oxygen atoms in total. The normalized spacial score (nSPS) is 12.0. The summed E-state index contributed by atoms with van der Waals surface area (Å²) in [5, 5.41) is 8.98. The van der Waals surface area contributed by atoms with E-state index in [2.05, 4.69) is 0 Å². The smallest absolute Gasteiger partial charge is 0.392 e. The highest BCUT2D eigenvalue weighted by Crippen LogP contribution is 2.37. The van der Waals surface area contributed by atoms with Crippen molar-refractivity contribution in [2.24, 2.45) is 5.92 Å². The van der Waals surface area contributed by atoms with Gasteiger partial charge in [-0.2, -0.15) is 13.2 Å². The first-order valence-corrected chi connectivity index (χ1v) is 6.35. The van der Waals surface area contributed by atoms with Gasteiger partial charge in [-0.05, 0) is 30.5 Å². The van der Waals surface area contributed by atoms with Gasteiger partial charge in [0.2, 0.25) is 0 Å². The summed E-state index contributed by atoms with van der Waals surface area (Å²) in [6, 6.07) is 4.01. The number of aliphatic hydroxyl groups is 1. The SMILES string of the molecule is CCN(CC(C)C)c1ccc(CO)cc1C(F)(F)F. The molecule has 1 N–H and O–H groups in total. The lowest BCUT2D eigenvalue weighted by Crippen LogP contribution is -2.29. The molecular weight excluding hydrogens is 255 g/mol. The van der Waals surface area contributed by atoms with Gasteiger partial charge in [0.15, 0.2) is 0 Å². The van der Waals surface area contributed by atoms with Crippen molar-refractivity contribution in [3.05, 3.63) is 29.3 Å². The standard InChI is InChI=1S/C14H20F3NO/c1-4-18(8-10(2)3)13-6-5-11(9-19)7-12(13)14(15,16)17/h5-7,10,19H,4,8-9H2,1-3H3. The van der Waals surface area contributed by atoms with E-state index in [1.54, 1.807) is 4.90 Å². The van der Waals surface area contributed by atoms with E-state index in [-0.39, 0.29) is 23.8 Å². The average Bonchev–Trinajstić information content (AvgIpc) is 2.34. The monoisotopic (exact) mass is 275 g/mol. The molecule has 0 bridgehead atoms. The first-order valence-electron chi connectivity index (χ1n) is 6.35. The molecule has 0 atom stereocenters. The molecule has 19 heavy (non-hydrogen) atoms. The summed E-state index contributed by atoms with van der Waals surface area (Å²) < 4.78 is 39.3. The molecule has 0 spiro atoms. The van der Waals surface area contributed by atoms with Gasteiger partial charge in [0.1, 0.15) is 0 Å². The molecule has 0 radical (unpaired) electrons. The van der Waals surface area contributed by atoms with E-state index < -0.39 is 11.7 Å². The summed E-state index contributed by atoms with van der Waals surface area (Å²) in [6.45, 7) is 6.47. The van der Waals surface area contributed by atoms with Gasteiger partial charge in [0, 0.05) is 18.8 Å². The van der Waals surface area contributed by atoms with Gasteiger partial charge in [-0.1, -0.05) is 19.9 Å². The van der Waals surface area contributed by atoms with Crippen LogP contribution in [0.4, 0.5) is 18.9 Å². The lowest BCUT2D eigenvalue weighted by atomic mass is 10.1. The lowest BCUT2D eigenvalue weighted by molar-refractivity contribution is -0.137. The maximum atomic E-state index is 13.1. The van der Waals surface area contributed by atoms with Crippen LogP contribution in [-0.2, 0) is 12.8 Å². The molecule has 5 heteroatoms. The highest BCUT2D eigenvalue weighted by atomic mass is 19.4. The molecule has 0 unspecified atom stereocenters. The van der Waals surface area contributed by atoms with E-state index in [4.69, 9.17) is 5.11 Å². The van der Waals surface area contributed by atoms with E-state index in [1.165, 1.54) is 12.1 Å². The van der Waals surface area contributed by atoms with Crippen molar-refractivity contribution >= 4 is 5.69 Å². The fraction of sp³-hybridized carbons (Fsp3) is 0.571. The molecular formula is C14H20F3NO. The number of nitrogens with zero attached hydrogens (tertiary/aromatic N) is 1. The largest absolute Gasteiger partial charge is 0.418 e. The number of alkyl halides is 3. The topological polar surface area (TPSA) is 23.5 Å². The van der Waals surface area contributed by atoms with E-state index in [9.17, 15) is 13.2 Å². The van der Waals surface area contributed by atoms with Crippen LogP contribution >= 0.6 is 0 Å². The first kappa shape index (κ1) is 15.8. The molecule has 0 amide bonds. The fourth-order valence-electron chi connectivity index (χ4n) is 2.02. The molecule has 0 aromatic heterocycles. The molecule has 0 aliphatic rings. The van der Waals surface area contributed by atoms with Crippen LogP contribution in [0.5, 0.6) is 0 Å². The third-order valence-corrected chi connectivity index (χ3v) is 2.86. The number of benzene rings is 1. The minimum Gasteiger partial charge on any atom is -0.392 e. The molecule has 108 valence electrons. The number of hydrogen-bond donors (Lipinski definition) is 1. The summed E-state index contributed by atoms with van der Waals surface area (Å²) in [4.78, 5) is 1.72. The molecule has 0 aliphatic heterocycles. The van der Waals surface area contributed by atoms with Gasteiger partial charge < -0.3 is 10.0 Å². The Balaban J connectivity index is 3.24. The maximum Gasteiger partial charge on any atom is 0.418 e. The van der Waals surface area contributed by atoms with Crippen molar-refractivity contribution in [2.45, 2.75) is 33.6 Å². The Bertz CT molecular complexity index is 416. The third kappa shape index (κ3) is 4.13. The number of anilines is 1. The van der Waals surface area contributed by atoms with Gasteiger partial charge in [0.25, 0.3) is 0 Å². The summed E-state index contributed by atoms with van der Waals surface area (Å²) in [5.74, 6) is 0.276. The molecule has 1 aromatic rings. The van der Waals surface area contributed by atoms with Crippen LogP contribution in [-0.4, -0.2) is 18.2 Å². The summed E-state index contributed by atoms with van der Waals surface area (Å²) in [6.07, 6.45) is -4.41. The maximum absolute atomic E-state index is 13.1. The zero-order valence-corrected chi connectivity index (χ0v) is 11.5. The Morgan fingerprint density at radius 3 is 2.32 bits per heavy atom. The first-order chi connectivity index (χ1) is 8.79. The molecule has 0 saturated heterocycles. The Hall–Kier alpha value is -1.23. The van der Waals surface area contributed by atoms with Crippen molar-refractivity contribution in [2.75, 3.05) is 18.0 Å². The van der Waals surface area contributed by atoms with Crippen molar-refractivity contribution in [3.63, 3.8) is 0 Å². The summed E-state index contributed by atoms with van der Waals surface area (Å²) in [7, 11) is 0. The minimum absolute atomic E-state index is 0.181. The van der Waals surface area contributed by atoms with Crippen molar-refractivity contribution in [1.82, 2.24) is 0 Å². The zero-order valence-electron chi connectivity index (χ0n) is 11.5. The van der Waals surface area contributed by atoms with E-state index in [0.717, 1.165) is 6.07 Å². The van der Waals surface area contributed by atoms with Gasteiger partial charge in [-0.25, -0.2) is 0 Å². The van der Waals surface area contributed by atoms with Crippen LogP contribution < -0.4 is 4.90 Å². The van der Waals surface area contributed by atoms with E-state index in [1.807, 2.05) is 20.8 Å². The average molecular weight is 275 g/mol. The van der Waals surface area contributed by atoms with E-state index in [0.29, 0.717) is 13.1 Å². The summed E-state index contributed by atoms with van der Waals surface area (Å²) in [5.41, 5.74) is -0.223. The Morgan fingerprint density at radius 2 is 1.89 bits per heavy atom. The van der Waals surface area contributed by atoms with Crippen LogP contribution in [0.15, 0.2) is 18.2 Å². The second-order valence-corrected chi connectivity index (χ2v) is 4.94. The minimum atomic E-state index is -4.41. The predicted octanol–water partition coefficient (Wildman–Crippen LogP) is 3.68. The number of aliphatic hydroxyl groups excluding tert-OH is 1. The number of rotatable bonds is 5. The van der Waals surface area contributed by atoms with Crippen LogP contribution in [0, 0.1) is 5.92 Å². The Morgan fingerprint density at radius 1 is 1.26 bits per heavy atom. The fourth-order valence-corrected chi connectivity index (χ4v) is 2.02. The van der Waals surface area contributed by atoms with Crippen molar-refractivity contribution < 1.29 is 18.3 Å².